The second-order valence-electron chi connectivity index (χ2n) is 4.61. The molecule has 90 valence electrons. The number of ether oxygens (including phenoxy) is 1. The van der Waals surface area contributed by atoms with Crippen molar-refractivity contribution < 1.29 is 9.84 Å². The first-order valence-corrected chi connectivity index (χ1v) is 5.96. The van der Waals surface area contributed by atoms with Gasteiger partial charge in [0.25, 0.3) is 0 Å². The summed E-state index contributed by atoms with van der Waals surface area (Å²) in [6, 6.07) is 2.07. The van der Waals surface area contributed by atoms with Gasteiger partial charge in [0.05, 0.1) is 11.3 Å². The molecule has 2 heterocycles. The van der Waals surface area contributed by atoms with Crippen LogP contribution >= 0.6 is 0 Å². The molecular formula is C12H20N2O2. The average molecular weight is 224 g/mol. The first-order chi connectivity index (χ1) is 7.63. The summed E-state index contributed by atoms with van der Waals surface area (Å²) in [6.07, 6.45) is 2.13. The molecule has 1 fully saturated rings. The van der Waals surface area contributed by atoms with Crippen LogP contribution in [-0.4, -0.2) is 33.7 Å². The quantitative estimate of drug-likeness (QED) is 0.841. The van der Waals surface area contributed by atoms with E-state index in [1.807, 2.05) is 11.6 Å². The van der Waals surface area contributed by atoms with Crippen LogP contribution in [0.2, 0.25) is 0 Å². The van der Waals surface area contributed by atoms with Gasteiger partial charge in [0, 0.05) is 31.9 Å². The molecule has 0 spiro atoms. The number of nitrogens with zero attached hydrogens (tertiary/aromatic N) is 2. The van der Waals surface area contributed by atoms with Gasteiger partial charge in [0.15, 0.2) is 0 Å². The lowest BCUT2D eigenvalue weighted by Crippen LogP contribution is -2.38. The smallest absolute Gasteiger partial charge is 0.0746 e. The molecule has 0 atom stereocenters. The highest BCUT2D eigenvalue weighted by Gasteiger charge is 2.31. The van der Waals surface area contributed by atoms with Gasteiger partial charge in [-0.05, 0) is 32.8 Å². The van der Waals surface area contributed by atoms with Crippen molar-refractivity contribution >= 4 is 0 Å². The summed E-state index contributed by atoms with van der Waals surface area (Å²) in [4.78, 5) is 0. The van der Waals surface area contributed by atoms with E-state index in [1.54, 1.807) is 0 Å². The third-order valence-electron chi connectivity index (χ3n) is 3.22. The first kappa shape index (κ1) is 11.6. The fourth-order valence-electron chi connectivity index (χ4n) is 2.28. The van der Waals surface area contributed by atoms with E-state index in [9.17, 15) is 5.11 Å². The van der Waals surface area contributed by atoms with E-state index in [0.29, 0.717) is 19.6 Å². The Hall–Kier alpha value is -0.870. The second-order valence-corrected chi connectivity index (χ2v) is 4.61. The van der Waals surface area contributed by atoms with Gasteiger partial charge in [0.1, 0.15) is 0 Å². The van der Waals surface area contributed by atoms with Gasteiger partial charge in [-0.15, -0.1) is 0 Å². The summed E-state index contributed by atoms with van der Waals surface area (Å²) >= 11 is 0. The molecule has 0 aromatic carbocycles. The molecule has 1 aliphatic heterocycles. The van der Waals surface area contributed by atoms with Crippen LogP contribution in [0, 0.1) is 6.92 Å². The van der Waals surface area contributed by atoms with E-state index >= 15 is 0 Å². The van der Waals surface area contributed by atoms with E-state index in [0.717, 1.165) is 30.8 Å². The minimum Gasteiger partial charge on any atom is -0.389 e. The Labute approximate surface area is 96.2 Å². The summed E-state index contributed by atoms with van der Waals surface area (Å²) in [6.45, 7) is 6.24. The van der Waals surface area contributed by atoms with Gasteiger partial charge >= 0.3 is 0 Å². The average Bonchev–Trinajstić information content (AvgIpc) is 2.59. The van der Waals surface area contributed by atoms with Crippen LogP contribution in [0.5, 0.6) is 0 Å². The zero-order chi connectivity index (χ0) is 11.6. The molecular weight excluding hydrogens is 204 g/mol. The maximum atomic E-state index is 10.4. The van der Waals surface area contributed by atoms with E-state index in [4.69, 9.17) is 4.74 Å². The van der Waals surface area contributed by atoms with Crippen LogP contribution in [0.1, 0.15) is 31.2 Å². The van der Waals surface area contributed by atoms with Gasteiger partial charge in [-0.2, -0.15) is 5.10 Å². The van der Waals surface area contributed by atoms with E-state index < -0.39 is 5.60 Å². The molecule has 0 bridgehead atoms. The van der Waals surface area contributed by atoms with Gasteiger partial charge in [-0.1, -0.05) is 0 Å². The highest BCUT2D eigenvalue weighted by atomic mass is 16.5. The Kier molecular flexibility index (Phi) is 3.30. The number of aliphatic hydroxyl groups is 1. The van der Waals surface area contributed by atoms with Crippen LogP contribution in [0.25, 0.3) is 0 Å². The summed E-state index contributed by atoms with van der Waals surface area (Å²) in [5.74, 6) is 0. The molecule has 0 radical (unpaired) electrons. The van der Waals surface area contributed by atoms with Crippen LogP contribution in [0.3, 0.4) is 0 Å². The van der Waals surface area contributed by atoms with E-state index in [-0.39, 0.29) is 0 Å². The van der Waals surface area contributed by atoms with Crippen molar-refractivity contribution in [2.75, 3.05) is 13.2 Å². The Morgan fingerprint density at radius 3 is 2.81 bits per heavy atom. The molecule has 1 N–H and O–H groups in total. The van der Waals surface area contributed by atoms with Crippen molar-refractivity contribution in [1.82, 2.24) is 9.78 Å². The second kappa shape index (κ2) is 4.55. The molecule has 0 aliphatic carbocycles. The lowest BCUT2D eigenvalue weighted by Gasteiger charge is -2.32. The lowest BCUT2D eigenvalue weighted by atomic mass is 9.89. The lowest BCUT2D eigenvalue weighted by molar-refractivity contribution is -0.0635. The third-order valence-corrected chi connectivity index (χ3v) is 3.22. The summed E-state index contributed by atoms with van der Waals surface area (Å²) in [7, 11) is 0. The van der Waals surface area contributed by atoms with Crippen LogP contribution in [0.4, 0.5) is 0 Å². The predicted molar refractivity (Wildman–Crippen MR) is 61.3 cm³/mol. The summed E-state index contributed by atoms with van der Waals surface area (Å²) in [5.41, 5.74) is 1.55. The van der Waals surface area contributed by atoms with Crippen molar-refractivity contribution in [1.29, 1.82) is 0 Å². The SMILES string of the molecule is CCn1nc(C)cc1CC1(O)CCOCC1. The number of aryl methyl sites for hydroxylation is 2. The topological polar surface area (TPSA) is 47.3 Å². The van der Waals surface area contributed by atoms with Crippen molar-refractivity contribution in [3.05, 3.63) is 17.5 Å². The van der Waals surface area contributed by atoms with Crippen LogP contribution in [0.15, 0.2) is 6.07 Å². The Bertz CT molecular complexity index is 354. The molecule has 1 aliphatic rings. The molecule has 1 aromatic heterocycles. The third kappa shape index (κ3) is 2.44. The fourth-order valence-corrected chi connectivity index (χ4v) is 2.28. The van der Waals surface area contributed by atoms with Gasteiger partial charge in [-0.25, -0.2) is 0 Å². The number of hydrogen-bond acceptors (Lipinski definition) is 3. The van der Waals surface area contributed by atoms with Crippen molar-refractivity contribution in [3.8, 4) is 0 Å². The van der Waals surface area contributed by atoms with E-state index in [2.05, 4.69) is 18.1 Å². The summed E-state index contributed by atoms with van der Waals surface area (Å²) in [5, 5.41) is 14.8. The first-order valence-electron chi connectivity index (χ1n) is 5.96. The molecule has 2 rings (SSSR count). The number of hydrogen-bond donors (Lipinski definition) is 1. The summed E-state index contributed by atoms with van der Waals surface area (Å²) < 4.78 is 7.26. The predicted octanol–water partition coefficient (Wildman–Crippen LogP) is 1.30. The largest absolute Gasteiger partial charge is 0.389 e. The maximum Gasteiger partial charge on any atom is 0.0746 e. The van der Waals surface area contributed by atoms with Gasteiger partial charge < -0.3 is 9.84 Å². The highest BCUT2D eigenvalue weighted by molar-refractivity contribution is 5.12. The maximum absolute atomic E-state index is 10.4. The monoisotopic (exact) mass is 224 g/mol. The minimum absolute atomic E-state index is 0.600. The Morgan fingerprint density at radius 2 is 2.19 bits per heavy atom. The van der Waals surface area contributed by atoms with Crippen molar-refractivity contribution in [2.45, 2.75) is 45.3 Å². The molecule has 0 unspecified atom stereocenters. The Morgan fingerprint density at radius 1 is 1.50 bits per heavy atom. The van der Waals surface area contributed by atoms with Crippen LogP contribution in [-0.2, 0) is 17.7 Å². The minimum atomic E-state index is -0.600. The van der Waals surface area contributed by atoms with Crippen LogP contribution < -0.4 is 0 Å². The number of aromatic nitrogens is 2. The zero-order valence-corrected chi connectivity index (χ0v) is 10.1. The molecule has 0 saturated carbocycles. The molecule has 1 aromatic rings. The van der Waals surface area contributed by atoms with Crippen molar-refractivity contribution in [3.63, 3.8) is 0 Å². The Balaban J connectivity index is 2.12. The highest BCUT2D eigenvalue weighted by Crippen LogP contribution is 2.25. The molecule has 4 nitrogen and oxygen atoms in total. The molecule has 0 amide bonds. The van der Waals surface area contributed by atoms with Gasteiger partial charge in [0.2, 0.25) is 0 Å². The normalized spacial score (nSPS) is 19.9. The molecule has 16 heavy (non-hydrogen) atoms. The van der Waals surface area contributed by atoms with Crippen molar-refractivity contribution in [2.24, 2.45) is 0 Å². The fraction of sp³-hybridized carbons (Fsp3) is 0.750. The zero-order valence-electron chi connectivity index (χ0n) is 10.1. The van der Waals surface area contributed by atoms with E-state index in [1.165, 1.54) is 0 Å². The molecule has 4 heteroatoms. The van der Waals surface area contributed by atoms with Gasteiger partial charge in [-0.3, -0.25) is 4.68 Å². The number of rotatable bonds is 3. The standard InChI is InChI=1S/C12H20N2O2/c1-3-14-11(8-10(2)13-14)9-12(15)4-6-16-7-5-12/h8,15H,3-7,9H2,1-2H3. The molecule has 1 saturated heterocycles.